The number of allylic oxidation sites excluding steroid dienone is 2. The van der Waals surface area contributed by atoms with Gasteiger partial charge in [0, 0.05) is 11.7 Å². The van der Waals surface area contributed by atoms with Crippen LogP contribution in [0.15, 0.2) is 24.4 Å². The van der Waals surface area contributed by atoms with Crippen LogP contribution in [0.5, 0.6) is 0 Å². The monoisotopic (exact) mass is 284 g/mol. The largest absolute Gasteiger partial charge is 0.392 e. The van der Waals surface area contributed by atoms with Crippen molar-refractivity contribution in [2.45, 2.75) is 44.8 Å². The van der Waals surface area contributed by atoms with Crippen molar-refractivity contribution in [3.05, 3.63) is 35.7 Å². The molecular formula is C15H19F3N2. The van der Waals surface area contributed by atoms with Gasteiger partial charge in [0.25, 0.3) is 0 Å². The lowest BCUT2D eigenvalue weighted by molar-refractivity contribution is -0.175. The molecule has 5 heteroatoms. The lowest BCUT2D eigenvalue weighted by atomic mass is 9.86. The molecule has 0 spiro atoms. The molecule has 0 radical (unpaired) electrons. The molecule has 2 N–H and O–H groups in total. The van der Waals surface area contributed by atoms with Crippen LogP contribution in [-0.2, 0) is 5.54 Å². The summed E-state index contributed by atoms with van der Waals surface area (Å²) >= 11 is 0. The zero-order valence-corrected chi connectivity index (χ0v) is 11.7. The van der Waals surface area contributed by atoms with Gasteiger partial charge in [-0.2, -0.15) is 13.2 Å². The number of pyridine rings is 1. The Balaban J connectivity index is 2.20. The number of rotatable bonds is 2. The summed E-state index contributed by atoms with van der Waals surface area (Å²) in [5.74, 6) is -1.22. The van der Waals surface area contributed by atoms with E-state index in [1.807, 2.05) is 26.0 Å². The third-order valence-electron chi connectivity index (χ3n) is 3.71. The third kappa shape index (κ3) is 3.39. The quantitative estimate of drug-likeness (QED) is 0.890. The summed E-state index contributed by atoms with van der Waals surface area (Å²) in [6.45, 7) is 3.78. The van der Waals surface area contributed by atoms with Crippen molar-refractivity contribution in [2.75, 3.05) is 0 Å². The van der Waals surface area contributed by atoms with Gasteiger partial charge < -0.3 is 5.73 Å². The zero-order valence-electron chi connectivity index (χ0n) is 11.7. The summed E-state index contributed by atoms with van der Waals surface area (Å²) in [5.41, 5.74) is 8.11. The normalized spacial score (nSPS) is 20.7. The van der Waals surface area contributed by atoms with Gasteiger partial charge >= 0.3 is 6.18 Å². The topological polar surface area (TPSA) is 38.9 Å². The van der Waals surface area contributed by atoms with Crippen LogP contribution in [0.1, 0.15) is 44.4 Å². The Kier molecular flexibility index (Phi) is 3.91. The van der Waals surface area contributed by atoms with Crippen LogP contribution in [0, 0.1) is 5.92 Å². The molecule has 20 heavy (non-hydrogen) atoms. The average Bonchev–Trinajstić information content (AvgIpc) is 2.37. The zero-order chi connectivity index (χ0) is 15.0. The van der Waals surface area contributed by atoms with Crippen LogP contribution in [-0.4, -0.2) is 11.2 Å². The highest BCUT2D eigenvalue weighted by Crippen LogP contribution is 2.39. The summed E-state index contributed by atoms with van der Waals surface area (Å²) in [7, 11) is 0. The predicted molar refractivity (Wildman–Crippen MR) is 72.8 cm³/mol. The van der Waals surface area contributed by atoms with Gasteiger partial charge in [-0.3, -0.25) is 4.98 Å². The lowest BCUT2D eigenvalue weighted by Gasteiger charge is -2.25. The molecule has 0 aliphatic heterocycles. The fourth-order valence-electron chi connectivity index (χ4n) is 2.37. The van der Waals surface area contributed by atoms with Crippen molar-refractivity contribution in [3.63, 3.8) is 0 Å². The first-order chi connectivity index (χ1) is 9.18. The maximum absolute atomic E-state index is 12.6. The summed E-state index contributed by atoms with van der Waals surface area (Å²) in [6.07, 6.45) is -0.195. The molecule has 1 aliphatic rings. The van der Waals surface area contributed by atoms with E-state index in [-0.39, 0.29) is 12.8 Å². The molecule has 110 valence electrons. The average molecular weight is 284 g/mol. The number of hydrogen-bond acceptors (Lipinski definition) is 2. The molecule has 0 saturated heterocycles. The minimum Gasteiger partial charge on any atom is -0.322 e. The first-order valence-electron chi connectivity index (χ1n) is 6.69. The Labute approximate surface area is 116 Å². The Morgan fingerprint density at radius 1 is 1.30 bits per heavy atom. The molecule has 1 unspecified atom stereocenters. The van der Waals surface area contributed by atoms with Crippen molar-refractivity contribution in [1.29, 1.82) is 0 Å². The van der Waals surface area contributed by atoms with E-state index in [2.05, 4.69) is 4.98 Å². The smallest absolute Gasteiger partial charge is 0.322 e. The number of aromatic nitrogens is 1. The van der Waals surface area contributed by atoms with E-state index in [4.69, 9.17) is 5.73 Å². The van der Waals surface area contributed by atoms with Gasteiger partial charge in [0.05, 0.1) is 11.6 Å². The molecule has 1 atom stereocenters. The molecule has 2 rings (SSSR count). The van der Waals surface area contributed by atoms with Gasteiger partial charge in [-0.05, 0) is 56.4 Å². The highest BCUT2D eigenvalue weighted by molar-refractivity contribution is 5.64. The molecule has 0 aromatic carbocycles. The fourth-order valence-corrected chi connectivity index (χ4v) is 2.37. The Morgan fingerprint density at radius 2 is 2.00 bits per heavy atom. The second kappa shape index (κ2) is 5.20. The van der Waals surface area contributed by atoms with Crippen LogP contribution in [0.4, 0.5) is 13.2 Å². The maximum atomic E-state index is 12.6. The van der Waals surface area contributed by atoms with Crippen LogP contribution >= 0.6 is 0 Å². The lowest BCUT2D eigenvalue weighted by Crippen LogP contribution is -2.28. The van der Waals surface area contributed by atoms with Gasteiger partial charge in [0.1, 0.15) is 0 Å². The SMILES string of the molecule is CC(C)(N)c1ccnc(C2=CCC(C(F)(F)F)CC2)c1. The Hall–Kier alpha value is -1.36. The summed E-state index contributed by atoms with van der Waals surface area (Å²) in [6, 6.07) is 3.71. The molecule has 0 fully saturated rings. The Morgan fingerprint density at radius 3 is 2.50 bits per heavy atom. The van der Waals surface area contributed by atoms with Gasteiger partial charge in [0.2, 0.25) is 0 Å². The van der Waals surface area contributed by atoms with Crippen LogP contribution in [0.3, 0.4) is 0 Å². The first kappa shape index (κ1) is 15.0. The van der Waals surface area contributed by atoms with Crippen molar-refractivity contribution in [3.8, 4) is 0 Å². The molecule has 1 aliphatic carbocycles. The number of alkyl halides is 3. The molecule has 2 nitrogen and oxygen atoms in total. The predicted octanol–water partition coefficient (Wildman–Crippen LogP) is 4.02. The van der Waals surface area contributed by atoms with Gasteiger partial charge in [-0.25, -0.2) is 0 Å². The summed E-state index contributed by atoms with van der Waals surface area (Å²) in [4.78, 5) is 4.26. The molecule has 1 aromatic heterocycles. The van der Waals surface area contributed by atoms with Gasteiger partial charge in [-0.15, -0.1) is 0 Å². The molecule has 0 amide bonds. The standard InChI is InChI=1S/C15H19F3N2/c1-14(2,19)12-7-8-20-13(9-12)10-3-5-11(6-4-10)15(16,17)18/h3,7-9,11H,4-6,19H2,1-2H3. The maximum Gasteiger partial charge on any atom is 0.392 e. The fraction of sp³-hybridized carbons (Fsp3) is 0.533. The molecule has 1 aromatic rings. The Bertz CT molecular complexity index is 513. The number of hydrogen-bond donors (Lipinski definition) is 1. The van der Waals surface area contributed by atoms with E-state index in [1.54, 1.807) is 12.3 Å². The van der Waals surface area contributed by atoms with Gasteiger partial charge in [0.15, 0.2) is 0 Å². The number of nitrogens with zero attached hydrogens (tertiary/aromatic N) is 1. The van der Waals surface area contributed by atoms with Crippen LogP contribution in [0.2, 0.25) is 0 Å². The highest BCUT2D eigenvalue weighted by Gasteiger charge is 2.39. The van der Waals surface area contributed by atoms with E-state index in [9.17, 15) is 13.2 Å². The van der Waals surface area contributed by atoms with Crippen molar-refractivity contribution >= 4 is 5.57 Å². The van der Waals surface area contributed by atoms with Crippen molar-refractivity contribution < 1.29 is 13.2 Å². The van der Waals surface area contributed by atoms with E-state index >= 15 is 0 Å². The summed E-state index contributed by atoms with van der Waals surface area (Å²) < 4.78 is 37.9. The first-order valence-corrected chi connectivity index (χ1v) is 6.69. The van der Waals surface area contributed by atoms with E-state index in [0.717, 1.165) is 16.8 Å². The third-order valence-corrected chi connectivity index (χ3v) is 3.71. The highest BCUT2D eigenvalue weighted by atomic mass is 19.4. The summed E-state index contributed by atoms with van der Waals surface area (Å²) in [5, 5.41) is 0. The second-order valence-corrected chi connectivity index (χ2v) is 5.89. The van der Waals surface area contributed by atoms with E-state index in [0.29, 0.717) is 6.42 Å². The molecular weight excluding hydrogens is 265 g/mol. The van der Waals surface area contributed by atoms with Crippen molar-refractivity contribution in [1.82, 2.24) is 4.98 Å². The van der Waals surface area contributed by atoms with Gasteiger partial charge in [-0.1, -0.05) is 6.08 Å². The number of nitrogens with two attached hydrogens (primary N) is 1. The van der Waals surface area contributed by atoms with E-state index < -0.39 is 17.6 Å². The number of halogens is 3. The minimum atomic E-state index is -4.10. The van der Waals surface area contributed by atoms with Crippen LogP contribution < -0.4 is 5.73 Å². The van der Waals surface area contributed by atoms with E-state index in [1.165, 1.54) is 0 Å². The molecule has 1 heterocycles. The molecule has 0 bridgehead atoms. The minimum absolute atomic E-state index is 0.0385. The van der Waals surface area contributed by atoms with Crippen LogP contribution in [0.25, 0.3) is 5.57 Å². The van der Waals surface area contributed by atoms with Crippen molar-refractivity contribution in [2.24, 2.45) is 11.7 Å². The second-order valence-electron chi connectivity index (χ2n) is 5.89. The molecule has 0 saturated carbocycles.